The third-order valence-corrected chi connectivity index (χ3v) is 21.1. The van der Waals surface area contributed by atoms with Crippen molar-refractivity contribution in [2.75, 3.05) is 6.16 Å². The number of benzene rings is 2. The predicted octanol–water partition coefficient (Wildman–Crippen LogP) is 8.89. The number of rotatable bonds is 8. The zero-order chi connectivity index (χ0) is 28.4. The van der Waals surface area contributed by atoms with Crippen LogP contribution in [0.5, 0.6) is 0 Å². The van der Waals surface area contributed by atoms with Gasteiger partial charge in [-0.1, -0.05) is 114 Å². The summed E-state index contributed by atoms with van der Waals surface area (Å²) in [6, 6.07) is 20.0. The molecule has 38 heavy (non-hydrogen) atoms. The molecule has 2 atom stereocenters. The fourth-order valence-electron chi connectivity index (χ4n) is 4.62. The summed E-state index contributed by atoms with van der Waals surface area (Å²) in [6.45, 7) is 23.2. The Kier molecular flexibility index (Phi) is 9.64. The molecule has 0 unspecified atom stereocenters. The Hall–Kier alpha value is -1.24. The van der Waals surface area contributed by atoms with Crippen LogP contribution in [0.2, 0.25) is 36.3 Å². The van der Waals surface area contributed by atoms with Crippen LogP contribution in [-0.2, 0) is 13.4 Å². The molecule has 1 saturated carbocycles. The molecular weight excluding hydrogens is 519 g/mol. The Morgan fingerprint density at radius 3 is 1.45 bits per heavy atom. The summed E-state index contributed by atoms with van der Waals surface area (Å²) in [5, 5.41) is 2.14. The van der Waals surface area contributed by atoms with Gasteiger partial charge in [0.1, 0.15) is 7.14 Å². The Labute approximate surface area is 235 Å². The molecule has 3 rings (SSSR count). The molecule has 1 aliphatic carbocycles. The maximum Gasteiger partial charge on any atom is 0.192 e. The highest BCUT2D eigenvalue weighted by atomic mass is 31.2. The van der Waals surface area contributed by atoms with Gasteiger partial charge in [0, 0.05) is 16.8 Å². The molecule has 1 aliphatic rings. The molecule has 6 heteroatoms. The van der Waals surface area contributed by atoms with Gasteiger partial charge in [0.25, 0.3) is 0 Å². The lowest BCUT2D eigenvalue weighted by Gasteiger charge is -2.45. The van der Waals surface area contributed by atoms with E-state index in [1.54, 1.807) is 0 Å². The van der Waals surface area contributed by atoms with Crippen LogP contribution in [0.15, 0.2) is 72.3 Å². The highest BCUT2D eigenvalue weighted by molar-refractivity contribution is 7.78. The minimum atomic E-state index is -2.81. The molecule has 1 fully saturated rings. The van der Waals surface area contributed by atoms with Gasteiger partial charge in [-0.15, -0.1) is 0 Å². The average Bonchev–Trinajstić information content (AvgIpc) is 2.81. The van der Waals surface area contributed by atoms with E-state index in [0.29, 0.717) is 6.16 Å². The summed E-state index contributed by atoms with van der Waals surface area (Å²) >= 11 is 0. The fourth-order valence-corrected chi connectivity index (χ4v) is 9.89. The third-order valence-electron chi connectivity index (χ3n) is 9.02. The van der Waals surface area contributed by atoms with Crippen LogP contribution in [0.25, 0.3) is 0 Å². The van der Waals surface area contributed by atoms with Gasteiger partial charge in [0.05, 0.1) is 12.2 Å². The Balaban J connectivity index is 1.95. The summed E-state index contributed by atoms with van der Waals surface area (Å²) in [7, 11) is -6.68. The minimum Gasteiger partial charge on any atom is -0.414 e. The van der Waals surface area contributed by atoms with Crippen molar-refractivity contribution in [2.24, 2.45) is 0 Å². The molecule has 2 aromatic rings. The highest BCUT2D eigenvalue weighted by Crippen LogP contribution is 2.46. The monoisotopic (exact) mass is 570 g/mol. The minimum absolute atomic E-state index is 0.137. The van der Waals surface area contributed by atoms with Crippen molar-refractivity contribution in [2.45, 2.75) is 109 Å². The van der Waals surface area contributed by atoms with E-state index < -0.39 is 23.8 Å². The van der Waals surface area contributed by atoms with Gasteiger partial charge in [-0.05, 0) is 55.5 Å². The van der Waals surface area contributed by atoms with Crippen LogP contribution in [0, 0.1) is 0 Å². The lowest BCUT2D eigenvalue weighted by molar-refractivity contribution is 0.0725. The molecular formula is C32H51O3PSi2. The first kappa shape index (κ1) is 31.3. The van der Waals surface area contributed by atoms with Crippen molar-refractivity contribution in [1.82, 2.24) is 0 Å². The van der Waals surface area contributed by atoms with Crippen LogP contribution in [0.3, 0.4) is 0 Å². The summed E-state index contributed by atoms with van der Waals surface area (Å²) in [6.07, 6.45) is 5.80. The van der Waals surface area contributed by atoms with Crippen LogP contribution in [-0.4, -0.2) is 35.0 Å². The van der Waals surface area contributed by atoms with Gasteiger partial charge in [-0.2, -0.15) is 0 Å². The van der Waals surface area contributed by atoms with Crippen molar-refractivity contribution in [1.29, 1.82) is 0 Å². The lowest BCUT2D eigenvalue weighted by atomic mass is 9.90. The molecule has 0 heterocycles. The van der Waals surface area contributed by atoms with Gasteiger partial charge in [-0.3, -0.25) is 0 Å². The van der Waals surface area contributed by atoms with E-state index >= 15 is 0 Å². The van der Waals surface area contributed by atoms with Gasteiger partial charge in [-0.25, -0.2) is 0 Å². The molecule has 0 amide bonds. The van der Waals surface area contributed by atoms with Crippen molar-refractivity contribution in [3.8, 4) is 0 Å². The van der Waals surface area contributed by atoms with Crippen molar-refractivity contribution in [3.63, 3.8) is 0 Å². The zero-order valence-electron chi connectivity index (χ0n) is 25.5. The summed E-state index contributed by atoms with van der Waals surface area (Å²) in [4.78, 5) is 0. The zero-order valence-corrected chi connectivity index (χ0v) is 28.4. The van der Waals surface area contributed by atoms with E-state index in [2.05, 4.69) is 73.8 Å². The van der Waals surface area contributed by atoms with Crippen LogP contribution in [0.4, 0.5) is 0 Å². The quantitative estimate of drug-likeness (QED) is 0.181. The topological polar surface area (TPSA) is 35.5 Å². The molecule has 2 aromatic carbocycles. The highest BCUT2D eigenvalue weighted by Gasteiger charge is 2.43. The molecule has 0 aliphatic heterocycles. The molecule has 0 radical (unpaired) electrons. The van der Waals surface area contributed by atoms with Gasteiger partial charge >= 0.3 is 0 Å². The van der Waals surface area contributed by atoms with Gasteiger partial charge in [0.15, 0.2) is 16.6 Å². The standard InChI is InChI=1S/C32H51O3PSi2/c1-31(2,3)37(7,8)34-27-23-26(24-28(25-27)35-38(9,10)32(4,5)6)21-22-36(33,29-17-13-11-14-18-29)30-19-15-12-16-20-30/h11-21,27-28H,22-25H2,1-10H3/t27-,28+. The first-order valence-corrected chi connectivity index (χ1v) is 21.9. The first-order valence-electron chi connectivity index (χ1n) is 14.2. The first-order chi connectivity index (χ1) is 17.4. The molecule has 3 nitrogen and oxygen atoms in total. The Morgan fingerprint density at radius 2 is 1.11 bits per heavy atom. The third kappa shape index (κ3) is 7.49. The van der Waals surface area contributed by atoms with E-state index in [4.69, 9.17) is 8.85 Å². The van der Waals surface area contributed by atoms with Crippen molar-refractivity contribution < 1.29 is 13.4 Å². The second-order valence-electron chi connectivity index (χ2n) is 14.1. The van der Waals surface area contributed by atoms with E-state index in [-0.39, 0.29) is 22.3 Å². The number of hydrogen-bond donors (Lipinski definition) is 0. The summed E-state index contributed by atoms with van der Waals surface area (Å²) in [5.74, 6) is 0. The molecule has 0 saturated heterocycles. The van der Waals surface area contributed by atoms with E-state index in [1.807, 2.05) is 60.7 Å². The van der Waals surface area contributed by atoms with E-state index in [0.717, 1.165) is 29.9 Å². The van der Waals surface area contributed by atoms with Gasteiger partial charge < -0.3 is 13.4 Å². The van der Waals surface area contributed by atoms with Crippen LogP contribution < -0.4 is 10.6 Å². The molecule has 0 bridgehead atoms. The maximum atomic E-state index is 14.6. The van der Waals surface area contributed by atoms with Gasteiger partial charge in [0.2, 0.25) is 0 Å². The van der Waals surface area contributed by atoms with E-state index in [1.165, 1.54) is 5.57 Å². The summed E-state index contributed by atoms with van der Waals surface area (Å²) < 4.78 is 28.6. The lowest BCUT2D eigenvalue weighted by Crippen LogP contribution is -2.48. The van der Waals surface area contributed by atoms with E-state index in [9.17, 15) is 4.57 Å². The SMILES string of the molecule is CC(C)(C)[Si](C)(C)O[C@@H]1CC(=CCP(=O)(c2ccccc2)c2ccccc2)C[C@H](O[Si](C)(C)C(C)(C)C)C1. The number of allylic oxidation sites excluding steroid dienone is 1. The normalized spacial score (nSPS) is 21.1. The largest absolute Gasteiger partial charge is 0.414 e. The second kappa shape index (κ2) is 11.7. The predicted molar refractivity (Wildman–Crippen MR) is 171 cm³/mol. The summed E-state index contributed by atoms with van der Waals surface area (Å²) in [5.41, 5.74) is 1.33. The average molecular weight is 571 g/mol. The Bertz CT molecular complexity index is 1050. The van der Waals surface area contributed by atoms with Crippen molar-refractivity contribution >= 4 is 34.4 Å². The van der Waals surface area contributed by atoms with Crippen LogP contribution >= 0.6 is 7.14 Å². The maximum absolute atomic E-state index is 14.6. The molecule has 0 spiro atoms. The molecule has 0 aromatic heterocycles. The smallest absolute Gasteiger partial charge is 0.192 e. The Morgan fingerprint density at radius 1 is 0.737 bits per heavy atom. The molecule has 210 valence electrons. The number of hydrogen-bond acceptors (Lipinski definition) is 3. The van der Waals surface area contributed by atoms with Crippen molar-refractivity contribution in [3.05, 3.63) is 72.3 Å². The fraction of sp³-hybridized carbons (Fsp3) is 0.562. The van der Waals surface area contributed by atoms with Crippen LogP contribution in [0.1, 0.15) is 60.8 Å². The molecule has 0 N–H and O–H groups in total. The second-order valence-corrected chi connectivity index (χ2v) is 26.5.